The largest absolute Gasteiger partial charge is 0.433 e. The van der Waals surface area contributed by atoms with E-state index >= 15 is 0 Å². The molecule has 0 radical (unpaired) electrons. The highest BCUT2D eigenvalue weighted by Crippen LogP contribution is 2.36. The fraction of sp³-hybridized carbons (Fsp3) is 0.571. The van der Waals surface area contributed by atoms with Crippen LogP contribution in [0.25, 0.3) is 0 Å². The zero-order valence-electron chi connectivity index (χ0n) is 12.3. The summed E-state index contributed by atoms with van der Waals surface area (Å²) in [6, 6.07) is 5.38. The number of ether oxygens (including phenoxy) is 1. The molecule has 2 atom stereocenters. The molecule has 0 amide bonds. The SMILES string of the molecule is Cl.O=S(=O)(c1ccccc1OC(F)F)N1C2CCNCC1CC2. The Bertz CT molecular complexity index is 631. The molecule has 2 heterocycles. The number of benzene rings is 1. The average molecular weight is 369 g/mol. The Hall–Kier alpha value is -0.960. The van der Waals surface area contributed by atoms with Crippen molar-refractivity contribution >= 4 is 22.4 Å². The van der Waals surface area contributed by atoms with E-state index in [1.165, 1.54) is 28.6 Å². The average Bonchev–Trinajstić information content (AvgIpc) is 2.72. The van der Waals surface area contributed by atoms with Crippen molar-refractivity contribution in [1.29, 1.82) is 0 Å². The number of nitrogens with one attached hydrogen (secondary N) is 1. The van der Waals surface area contributed by atoms with Crippen LogP contribution in [0.4, 0.5) is 8.78 Å². The van der Waals surface area contributed by atoms with E-state index in [2.05, 4.69) is 10.1 Å². The zero-order chi connectivity index (χ0) is 15.7. The number of hydrogen-bond donors (Lipinski definition) is 1. The zero-order valence-corrected chi connectivity index (χ0v) is 14.0. The van der Waals surface area contributed by atoms with Crippen LogP contribution in [0.2, 0.25) is 0 Å². The van der Waals surface area contributed by atoms with Gasteiger partial charge in [0, 0.05) is 18.6 Å². The van der Waals surface area contributed by atoms with Gasteiger partial charge >= 0.3 is 6.61 Å². The van der Waals surface area contributed by atoms with Crippen LogP contribution < -0.4 is 10.1 Å². The van der Waals surface area contributed by atoms with E-state index in [0.29, 0.717) is 6.54 Å². The smallest absolute Gasteiger partial charge is 0.387 e. The maximum absolute atomic E-state index is 13.0. The maximum atomic E-state index is 13.0. The lowest BCUT2D eigenvalue weighted by molar-refractivity contribution is -0.0518. The van der Waals surface area contributed by atoms with E-state index in [9.17, 15) is 17.2 Å². The van der Waals surface area contributed by atoms with Gasteiger partial charge in [0.05, 0.1) is 0 Å². The van der Waals surface area contributed by atoms with E-state index in [0.717, 1.165) is 25.8 Å². The maximum Gasteiger partial charge on any atom is 0.387 e. The molecule has 2 aliphatic heterocycles. The van der Waals surface area contributed by atoms with Gasteiger partial charge in [0.1, 0.15) is 10.6 Å². The monoisotopic (exact) mass is 368 g/mol. The minimum atomic E-state index is -3.86. The molecule has 2 aliphatic rings. The first kappa shape index (κ1) is 18.4. The standard InChI is InChI=1S/C14H18F2N2O3S.ClH/c15-14(16)21-12-3-1-2-4-13(12)22(19,20)18-10-5-6-11(18)9-17-8-7-10;/h1-4,10-11,14,17H,5-9H2;1H. The fourth-order valence-corrected chi connectivity index (χ4v) is 5.32. The number of halogens is 3. The fourth-order valence-electron chi connectivity index (χ4n) is 3.30. The second-order valence-corrected chi connectivity index (χ2v) is 7.35. The Kier molecular flexibility index (Phi) is 5.83. The number of fused-ring (bicyclic) bond motifs is 2. The summed E-state index contributed by atoms with van der Waals surface area (Å²) in [6.45, 7) is -1.70. The Labute approximate surface area is 140 Å². The Morgan fingerprint density at radius 2 is 1.87 bits per heavy atom. The van der Waals surface area contributed by atoms with Crippen molar-refractivity contribution in [3.8, 4) is 5.75 Å². The number of para-hydroxylation sites is 1. The van der Waals surface area contributed by atoms with Gasteiger partial charge in [-0.15, -0.1) is 12.4 Å². The number of alkyl halides is 2. The molecule has 2 bridgehead atoms. The van der Waals surface area contributed by atoms with Crippen LogP contribution >= 0.6 is 12.4 Å². The molecule has 130 valence electrons. The van der Waals surface area contributed by atoms with Gasteiger partial charge in [0.25, 0.3) is 0 Å². The van der Waals surface area contributed by atoms with Crippen LogP contribution in [-0.4, -0.2) is 44.5 Å². The van der Waals surface area contributed by atoms with Crippen LogP contribution in [0.5, 0.6) is 5.75 Å². The van der Waals surface area contributed by atoms with Crippen molar-refractivity contribution in [1.82, 2.24) is 9.62 Å². The van der Waals surface area contributed by atoms with Crippen molar-refractivity contribution in [3.63, 3.8) is 0 Å². The molecule has 0 aliphatic carbocycles. The molecule has 2 saturated heterocycles. The molecule has 1 aromatic carbocycles. The van der Waals surface area contributed by atoms with E-state index in [1.807, 2.05) is 0 Å². The summed E-state index contributed by atoms with van der Waals surface area (Å²) in [4.78, 5) is -0.186. The quantitative estimate of drug-likeness (QED) is 0.885. The molecule has 2 unspecified atom stereocenters. The van der Waals surface area contributed by atoms with Crippen molar-refractivity contribution in [2.45, 2.75) is 42.9 Å². The van der Waals surface area contributed by atoms with Crippen molar-refractivity contribution in [3.05, 3.63) is 24.3 Å². The van der Waals surface area contributed by atoms with E-state index in [-0.39, 0.29) is 35.1 Å². The summed E-state index contributed by atoms with van der Waals surface area (Å²) in [5.74, 6) is -0.297. The summed E-state index contributed by atoms with van der Waals surface area (Å²) >= 11 is 0. The van der Waals surface area contributed by atoms with Crippen LogP contribution in [-0.2, 0) is 10.0 Å². The number of sulfonamides is 1. The molecule has 2 fully saturated rings. The third-order valence-electron chi connectivity index (χ3n) is 4.21. The molecule has 3 rings (SSSR count). The minimum Gasteiger partial charge on any atom is -0.433 e. The first-order valence-electron chi connectivity index (χ1n) is 7.28. The van der Waals surface area contributed by atoms with Gasteiger partial charge in [0.2, 0.25) is 10.0 Å². The minimum absolute atomic E-state index is 0. The predicted octanol–water partition coefficient (Wildman–Crippen LogP) is 2.22. The number of hydrogen-bond acceptors (Lipinski definition) is 4. The summed E-state index contributed by atoms with van der Waals surface area (Å²) in [6.07, 6.45) is 2.33. The summed E-state index contributed by atoms with van der Waals surface area (Å²) in [5, 5.41) is 3.22. The molecular formula is C14H19ClF2N2O3S. The topological polar surface area (TPSA) is 58.6 Å². The molecule has 5 nitrogen and oxygen atoms in total. The van der Waals surface area contributed by atoms with Gasteiger partial charge in [-0.3, -0.25) is 0 Å². The highest BCUT2D eigenvalue weighted by molar-refractivity contribution is 7.89. The van der Waals surface area contributed by atoms with Crippen molar-refractivity contribution < 1.29 is 21.9 Å². The Morgan fingerprint density at radius 1 is 1.17 bits per heavy atom. The molecule has 1 N–H and O–H groups in total. The molecule has 0 saturated carbocycles. The van der Waals surface area contributed by atoms with E-state index in [1.54, 1.807) is 0 Å². The van der Waals surface area contributed by atoms with Crippen molar-refractivity contribution in [2.75, 3.05) is 13.1 Å². The Balaban J connectivity index is 0.00000192. The molecule has 0 spiro atoms. The van der Waals surface area contributed by atoms with Crippen LogP contribution in [0, 0.1) is 0 Å². The summed E-state index contributed by atoms with van der Waals surface area (Å²) in [5.41, 5.74) is 0. The normalized spacial score (nSPS) is 25.0. The van der Waals surface area contributed by atoms with Gasteiger partial charge in [0.15, 0.2) is 0 Å². The number of nitrogens with zero attached hydrogens (tertiary/aromatic N) is 1. The van der Waals surface area contributed by atoms with Gasteiger partial charge < -0.3 is 10.1 Å². The van der Waals surface area contributed by atoms with Gasteiger partial charge in [-0.1, -0.05) is 12.1 Å². The van der Waals surface area contributed by atoms with Crippen molar-refractivity contribution in [2.24, 2.45) is 0 Å². The van der Waals surface area contributed by atoms with E-state index in [4.69, 9.17) is 0 Å². The Morgan fingerprint density at radius 3 is 2.61 bits per heavy atom. The molecule has 0 aromatic heterocycles. The molecule has 9 heteroatoms. The molecule has 23 heavy (non-hydrogen) atoms. The second kappa shape index (κ2) is 7.29. The molecule has 1 aromatic rings. The lowest BCUT2D eigenvalue weighted by atomic mass is 10.1. The van der Waals surface area contributed by atoms with Gasteiger partial charge in [-0.05, 0) is 37.9 Å². The highest BCUT2D eigenvalue weighted by atomic mass is 35.5. The second-order valence-electron chi connectivity index (χ2n) is 5.54. The van der Waals surface area contributed by atoms with Crippen LogP contribution in [0.1, 0.15) is 19.3 Å². The third-order valence-corrected chi connectivity index (χ3v) is 6.25. The lowest BCUT2D eigenvalue weighted by Crippen LogP contribution is -2.42. The first-order chi connectivity index (χ1) is 10.5. The predicted molar refractivity (Wildman–Crippen MR) is 83.6 cm³/mol. The van der Waals surface area contributed by atoms with Crippen LogP contribution in [0.3, 0.4) is 0 Å². The van der Waals surface area contributed by atoms with Crippen LogP contribution in [0.15, 0.2) is 29.2 Å². The lowest BCUT2D eigenvalue weighted by Gasteiger charge is -2.27. The van der Waals surface area contributed by atoms with Gasteiger partial charge in [-0.25, -0.2) is 8.42 Å². The summed E-state index contributed by atoms with van der Waals surface area (Å²) < 4.78 is 56.9. The van der Waals surface area contributed by atoms with E-state index < -0.39 is 16.6 Å². The highest BCUT2D eigenvalue weighted by Gasteiger charge is 2.44. The van der Waals surface area contributed by atoms with Gasteiger partial charge in [-0.2, -0.15) is 13.1 Å². The first-order valence-corrected chi connectivity index (χ1v) is 8.72. The molecular weight excluding hydrogens is 350 g/mol. The summed E-state index contributed by atoms with van der Waals surface area (Å²) in [7, 11) is -3.86. The number of rotatable bonds is 4. The third kappa shape index (κ3) is 3.60.